The second-order valence-electron chi connectivity index (χ2n) is 3.92. The number of halogens is 4. The van der Waals surface area contributed by atoms with E-state index >= 15 is 0 Å². The summed E-state index contributed by atoms with van der Waals surface area (Å²) in [5, 5.41) is 0.810. The minimum absolute atomic E-state index is 0.119. The van der Waals surface area contributed by atoms with Crippen molar-refractivity contribution in [2.45, 2.75) is 11.9 Å². The number of rotatable bonds is 4. The van der Waals surface area contributed by atoms with E-state index in [1.165, 1.54) is 12.1 Å². The zero-order valence-electron chi connectivity index (χ0n) is 9.80. The van der Waals surface area contributed by atoms with Crippen LogP contribution in [-0.2, 0) is 11.9 Å². The van der Waals surface area contributed by atoms with Gasteiger partial charge in [-0.15, -0.1) is 0 Å². The maximum Gasteiger partial charge on any atom is 0.142 e. The Bertz CT molecular complexity index is 590. The SMILES string of the molecule is Fc1cc(COc2ccc(Br)cc2CBr)ccc1Cl. The van der Waals surface area contributed by atoms with E-state index in [9.17, 15) is 4.39 Å². The molecule has 0 aliphatic rings. The van der Waals surface area contributed by atoms with Crippen molar-refractivity contribution in [1.82, 2.24) is 0 Å². The zero-order valence-corrected chi connectivity index (χ0v) is 13.7. The Kier molecular flexibility index (Phi) is 5.25. The lowest BCUT2D eigenvalue weighted by Crippen LogP contribution is -1.98. The maximum absolute atomic E-state index is 13.3. The smallest absolute Gasteiger partial charge is 0.142 e. The molecule has 0 heterocycles. The van der Waals surface area contributed by atoms with Crippen molar-refractivity contribution in [2.24, 2.45) is 0 Å². The Labute approximate surface area is 133 Å². The van der Waals surface area contributed by atoms with Gasteiger partial charge in [0.25, 0.3) is 0 Å². The van der Waals surface area contributed by atoms with Gasteiger partial charge in [-0.1, -0.05) is 49.5 Å². The summed E-state index contributed by atoms with van der Waals surface area (Å²) < 4.78 is 20.0. The van der Waals surface area contributed by atoms with Crippen LogP contribution in [0.5, 0.6) is 5.75 Å². The molecule has 2 aromatic rings. The highest BCUT2D eigenvalue weighted by atomic mass is 79.9. The normalized spacial score (nSPS) is 10.5. The van der Waals surface area contributed by atoms with Crippen molar-refractivity contribution in [3.8, 4) is 5.75 Å². The van der Waals surface area contributed by atoms with E-state index in [-0.39, 0.29) is 5.02 Å². The lowest BCUT2D eigenvalue weighted by atomic mass is 10.2. The Hall–Kier alpha value is -0.580. The molecule has 0 aliphatic carbocycles. The maximum atomic E-state index is 13.3. The van der Waals surface area contributed by atoms with E-state index in [4.69, 9.17) is 16.3 Å². The van der Waals surface area contributed by atoms with Crippen LogP contribution in [0.3, 0.4) is 0 Å². The molecule has 2 rings (SSSR count). The summed E-state index contributed by atoms with van der Waals surface area (Å²) in [5.41, 5.74) is 1.77. The lowest BCUT2D eigenvalue weighted by Gasteiger charge is -2.11. The zero-order chi connectivity index (χ0) is 13.8. The van der Waals surface area contributed by atoms with E-state index in [0.29, 0.717) is 11.9 Å². The van der Waals surface area contributed by atoms with Gasteiger partial charge in [0.15, 0.2) is 0 Å². The topological polar surface area (TPSA) is 9.23 Å². The monoisotopic (exact) mass is 406 g/mol. The molecule has 100 valence electrons. The van der Waals surface area contributed by atoms with Gasteiger partial charge in [-0.3, -0.25) is 0 Å². The Morgan fingerprint density at radius 1 is 1.16 bits per heavy atom. The highest BCUT2D eigenvalue weighted by Gasteiger charge is 2.05. The highest BCUT2D eigenvalue weighted by Crippen LogP contribution is 2.26. The fourth-order valence-corrected chi connectivity index (χ4v) is 2.55. The summed E-state index contributed by atoms with van der Waals surface area (Å²) in [6.45, 7) is 0.301. The average molecular weight is 408 g/mol. The summed E-state index contributed by atoms with van der Waals surface area (Å²) in [4.78, 5) is 0. The molecule has 0 N–H and O–H groups in total. The first-order valence-corrected chi connectivity index (χ1v) is 7.80. The van der Waals surface area contributed by atoms with E-state index < -0.39 is 5.82 Å². The Balaban J connectivity index is 2.12. The van der Waals surface area contributed by atoms with Crippen LogP contribution in [0.25, 0.3) is 0 Å². The summed E-state index contributed by atoms with van der Waals surface area (Å²) in [6.07, 6.45) is 0. The number of alkyl halides is 1. The molecule has 0 aliphatic heterocycles. The molecule has 2 aromatic carbocycles. The molecule has 0 bridgehead atoms. The van der Waals surface area contributed by atoms with Crippen LogP contribution >= 0.6 is 43.5 Å². The van der Waals surface area contributed by atoms with Gasteiger partial charge in [-0.25, -0.2) is 4.39 Å². The van der Waals surface area contributed by atoms with Gasteiger partial charge < -0.3 is 4.74 Å². The van der Waals surface area contributed by atoms with Crippen LogP contribution in [0.15, 0.2) is 40.9 Å². The number of hydrogen-bond acceptors (Lipinski definition) is 1. The van der Waals surface area contributed by atoms with E-state index in [1.54, 1.807) is 6.07 Å². The standard InChI is InChI=1S/C14H10Br2ClFO/c15-7-10-6-11(16)2-4-14(10)19-8-9-1-3-12(17)13(18)5-9/h1-6H,7-8H2. The molecule has 0 amide bonds. The number of ether oxygens (including phenoxy) is 1. The molecular formula is C14H10Br2ClFO. The largest absolute Gasteiger partial charge is 0.489 e. The first-order chi connectivity index (χ1) is 9.10. The number of benzene rings is 2. The van der Waals surface area contributed by atoms with Gasteiger partial charge in [0.1, 0.15) is 18.2 Å². The Morgan fingerprint density at radius 2 is 1.95 bits per heavy atom. The van der Waals surface area contributed by atoms with E-state index in [1.807, 2.05) is 18.2 Å². The van der Waals surface area contributed by atoms with Crippen molar-refractivity contribution in [3.05, 3.63) is 62.8 Å². The quantitative estimate of drug-likeness (QED) is 0.589. The van der Waals surface area contributed by atoms with Crippen LogP contribution in [-0.4, -0.2) is 0 Å². The second kappa shape index (κ2) is 6.73. The minimum Gasteiger partial charge on any atom is -0.489 e. The minimum atomic E-state index is -0.431. The molecule has 19 heavy (non-hydrogen) atoms. The van der Waals surface area contributed by atoms with Crippen molar-refractivity contribution >= 4 is 43.5 Å². The van der Waals surface area contributed by atoms with Crippen molar-refractivity contribution in [1.29, 1.82) is 0 Å². The van der Waals surface area contributed by atoms with E-state index in [2.05, 4.69) is 31.9 Å². The summed E-state index contributed by atoms with van der Waals surface area (Å²) in [7, 11) is 0. The summed E-state index contributed by atoms with van der Waals surface area (Å²) >= 11 is 12.5. The molecular weight excluding hydrogens is 398 g/mol. The third-order valence-corrected chi connectivity index (χ3v) is 3.95. The van der Waals surface area contributed by atoms with Gasteiger partial charge in [0.05, 0.1) is 5.02 Å². The molecule has 5 heteroatoms. The van der Waals surface area contributed by atoms with Gasteiger partial charge in [0, 0.05) is 15.4 Å². The fourth-order valence-electron chi connectivity index (χ4n) is 1.58. The van der Waals surface area contributed by atoms with Crippen LogP contribution < -0.4 is 4.74 Å². The first kappa shape index (κ1) is 14.8. The van der Waals surface area contributed by atoms with Crippen molar-refractivity contribution in [3.63, 3.8) is 0 Å². The fraction of sp³-hybridized carbons (Fsp3) is 0.143. The predicted octanol–water partition coefficient (Wildman–Crippen LogP) is 5.72. The molecule has 0 aromatic heterocycles. The molecule has 0 saturated carbocycles. The third-order valence-electron chi connectivity index (χ3n) is 2.54. The van der Waals surface area contributed by atoms with Gasteiger partial charge in [-0.05, 0) is 35.9 Å². The van der Waals surface area contributed by atoms with Crippen LogP contribution in [0.4, 0.5) is 4.39 Å². The summed E-state index contributed by atoms with van der Waals surface area (Å²) in [6, 6.07) is 10.4. The van der Waals surface area contributed by atoms with Gasteiger partial charge in [-0.2, -0.15) is 0 Å². The molecule has 0 radical (unpaired) electrons. The molecule has 0 fully saturated rings. The van der Waals surface area contributed by atoms with Crippen molar-refractivity contribution < 1.29 is 9.13 Å². The van der Waals surface area contributed by atoms with E-state index in [0.717, 1.165) is 21.3 Å². The van der Waals surface area contributed by atoms with Crippen LogP contribution in [0.1, 0.15) is 11.1 Å². The molecule has 0 unspecified atom stereocenters. The number of hydrogen-bond donors (Lipinski definition) is 0. The molecule has 0 spiro atoms. The molecule has 0 saturated heterocycles. The van der Waals surface area contributed by atoms with Gasteiger partial charge >= 0.3 is 0 Å². The van der Waals surface area contributed by atoms with Crippen LogP contribution in [0.2, 0.25) is 5.02 Å². The average Bonchev–Trinajstić information content (AvgIpc) is 2.41. The van der Waals surface area contributed by atoms with Crippen LogP contribution in [0, 0.1) is 5.82 Å². The first-order valence-electron chi connectivity index (χ1n) is 5.51. The highest BCUT2D eigenvalue weighted by molar-refractivity contribution is 9.10. The molecule has 1 nitrogen and oxygen atoms in total. The van der Waals surface area contributed by atoms with Crippen molar-refractivity contribution in [2.75, 3.05) is 0 Å². The Morgan fingerprint density at radius 3 is 2.63 bits per heavy atom. The molecule has 0 atom stereocenters. The predicted molar refractivity (Wildman–Crippen MR) is 82.5 cm³/mol. The summed E-state index contributed by atoms with van der Waals surface area (Å²) in [5.74, 6) is 0.342. The third kappa shape index (κ3) is 3.94. The second-order valence-corrected chi connectivity index (χ2v) is 5.81. The van der Waals surface area contributed by atoms with Gasteiger partial charge in [0.2, 0.25) is 0 Å². The lowest BCUT2D eigenvalue weighted by molar-refractivity contribution is 0.303.